The van der Waals surface area contributed by atoms with Crippen LogP contribution in [0.5, 0.6) is 17.2 Å². The number of anilines is 1. The van der Waals surface area contributed by atoms with Gasteiger partial charge in [-0.1, -0.05) is 29.5 Å². The molecule has 8 heteroatoms. The summed E-state index contributed by atoms with van der Waals surface area (Å²) in [5, 5.41) is 0.560. The number of hydrogen-bond acceptors (Lipinski definition) is 7. The van der Waals surface area contributed by atoms with E-state index in [1.54, 1.807) is 50.8 Å². The highest BCUT2D eigenvalue weighted by Crippen LogP contribution is 2.38. The number of methoxy groups -OCH3 is 3. The lowest BCUT2D eigenvalue weighted by atomic mass is 10.1. The number of rotatable bonds is 7. The molecule has 2 aromatic carbocycles. The van der Waals surface area contributed by atoms with Gasteiger partial charge in [-0.2, -0.15) is 0 Å². The van der Waals surface area contributed by atoms with Gasteiger partial charge in [0, 0.05) is 24.5 Å². The number of fused-ring (bicyclic) bond motifs is 1. The first-order chi connectivity index (χ1) is 15.1. The van der Waals surface area contributed by atoms with Gasteiger partial charge in [0.1, 0.15) is 5.75 Å². The number of pyridine rings is 1. The first-order valence-electron chi connectivity index (χ1n) is 9.51. The van der Waals surface area contributed by atoms with E-state index in [9.17, 15) is 4.79 Å². The topological polar surface area (TPSA) is 73.8 Å². The van der Waals surface area contributed by atoms with Gasteiger partial charge in [-0.15, -0.1) is 0 Å². The van der Waals surface area contributed by atoms with Crippen molar-refractivity contribution in [2.24, 2.45) is 0 Å². The van der Waals surface area contributed by atoms with Gasteiger partial charge in [-0.3, -0.25) is 14.7 Å². The quantitative estimate of drug-likeness (QED) is 0.424. The lowest BCUT2D eigenvalue weighted by Crippen LogP contribution is -2.30. The Labute approximate surface area is 183 Å². The fourth-order valence-corrected chi connectivity index (χ4v) is 4.20. The molecule has 0 aliphatic heterocycles. The third-order valence-electron chi connectivity index (χ3n) is 4.76. The molecule has 0 aliphatic carbocycles. The SMILES string of the molecule is COc1cc2nc(N(Cc3cccnc3)C(=O)c3ccccc3OC)sc2cc1OC. The molecule has 0 bridgehead atoms. The zero-order valence-corrected chi connectivity index (χ0v) is 18.2. The molecular formula is C23H21N3O4S. The third kappa shape index (κ3) is 4.15. The number of hydrogen-bond donors (Lipinski definition) is 0. The van der Waals surface area contributed by atoms with Gasteiger partial charge in [0.15, 0.2) is 16.6 Å². The Hall–Kier alpha value is -3.65. The lowest BCUT2D eigenvalue weighted by Gasteiger charge is -2.21. The Bertz CT molecular complexity index is 1170. The van der Waals surface area contributed by atoms with Crippen molar-refractivity contribution in [1.29, 1.82) is 0 Å². The minimum Gasteiger partial charge on any atom is -0.496 e. The molecule has 158 valence electrons. The summed E-state index contributed by atoms with van der Waals surface area (Å²) in [6, 6.07) is 14.6. The molecule has 0 saturated heterocycles. The van der Waals surface area contributed by atoms with E-state index in [1.165, 1.54) is 11.3 Å². The van der Waals surface area contributed by atoms with Crippen LogP contribution in [-0.2, 0) is 6.54 Å². The van der Waals surface area contributed by atoms with Gasteiger partial charge in [0.2, 0.25) is 0 Å². The summed E-state index contributed by atoms with van der Waals surface area (Å²) >= 11 is 1.41. The molecule has 31 heavy (non-hydrogen) atoms. The second kappa shape index (κ2) is 9.01. The molecule has 0 atom stereocenters. The van der Waals surface area contributed by atoms with E-state index in [0.29, 0.717) is 34.5 Å². The maximum atomic E-state index is 13.6. The fraction of sp³-hybridized carbons (Fsp3) is 0.174. The number of ether oxygens (including phenoxy) is 3. The molecule has 2 heterocycles. The van der Waals surface area contributed by atoms with Crippen LogP contribution in [0.25, 0.3) is 10.2 Å². The standard InChI is InChI=1S/C23H21N3O4S/c1-28-18-9-5-4-8-16(18)22(27)26(14-15-7-6-10-24-13-15)23-25-17-11-19(29-2)20(30-3)12-21(17)31-23/h4-13H,14H2,1-3H3. The average molecular weight is 436 g/mol. The van der Waals surface area contributed by atoms with Gasteiger partial charge in [-0.05, 0) is 23.8 Å². The predicted octanol–water partition coefficient (Wildman–Crippen LogP) is 4.56. The molecule has 0 fully saturated rings. The van der Waals surface area contributed by atoms with Crippen LogP contribution in [-0.4, -0.2) is 37.2 Å². The molecule has 0 spiro atoms. The van der Waals surface area contributed by atoms with Gasteiger partial charge in [0.25, 0.3) is 5.91 Å². The van der Waals surface area contributed by atoms with E-state index in [4.69, 9.17) is 19.2 Å². The number of benzene rings is 2. The van der Waals surface area contributed by atoms with Crippen molar-refractivity contribution in [2.45, 2.75) is 6.54 Å². The van der Waals surface area contributed by atoms with Crippen LogP contribution in [0, 0.1) is 0 Å². The summed E-state index contributed by atoms with van der Waals surface area (Å²) in [6.45, 7) is 0.318. The largest absolute Gasteiger partial charge is 0.496 e. The van der Waals surface area contributed by atoms with Crippen LogP contribution >= 0.6 is 11.3 Å². The van der Waals surface area contributed by atoms with E-state index in [1.807, 2.05) is 36.4 Å². The van der Waals surface area contributed by atoms with Crippen molar-refractivity contribution in [3.8, 4) is 17.2 Å². The number of carbonyl (C=O) groups is 1. The van der Waals surface area contributed by atoms with Crippen molar-refractivity contribution in [3.05, 3.63) is 72.1 Å². The summed E-state index contributed by atoms with van der Waals surface area (Å²) in [7, 11) is 4.72. The Morgan fingerprint density at radius 2 is 1.71 bits per heavy atom. The smallest absolute Gasteiger partial charge is 0.264 e. The molecule has 0 unspecified atom stereocenters. The Morgan fingerprint density at radius 3 is 2.42 bits per heavy atom. The summed E-state index contributed by atoms with van der Waals surface area (Å²) in [4.78, 5) is 24.1. The van der Waals surface area contributed by atoms with Crippen LogP contribution in [0.15, 0.2) is 60.9 Å². The number of amides is 1. The van der Waals surface area contributed by atoms with Gasteiger partial charge >= 0.3 is 0 Å². The van der Waals surface area contributed by atoms with Crippen molar-refractivity contribution in [2.75, 3.05) is 26.2 Å². The fourth-order valence-electron chi connectivity index (χ4n) is 3.23. The van der Waals surface area contributed by atoms with Gasteiger partial charge in [0.05, 0.1) is 43.7 Å². The number of nitrogens with zero attached hydrogens (tertiary/aromatic N) is 3. The molecule has 0 radical (unpaired) electrons. The van der Waals surface area contributed by atoms with Crippen molar-refractivity contribution in [1.82, 2.24) is 9.97 Å². The molecule has 0 saturated carbocycles. The zero-order chi connectivity index (χ0) is 21.8. The Balaban J connectivity index is 1.81. The first-order valence-corrected chi connectivity index (χ1v) is 10.3. The highest BCUT2D eigenvalue weighted by atomic mass is 32.1. The average Bonchev–Trinajstić information content (AvgIpc) is 3.24. The summed E-state index contributed by atoms with van der Waals surface area (Å²) in [5.41, 5.74) is 2.07. The number of carbonyl (C=O) groups excluding carboxylic acids is 1. The monoisotopic (exact) mass is 435 g/mol. The van der Waals surface area contributed by atoms with E-state index in [-0.39, 0.29) is 5.91 Å². The number of thiazole rings is 1. The molecule has 0 N–H and O–H groups in total. The van der Waals surface area contributed by atoms with Crippen LogP contribution in [0.2, 0.25) is 0 Å². The van der Waals surface area contributed by atoms with Gasteiger partial charge < -0.3 is 14.2 Å². The van der Waals surface area contributed by atoms with Gasteiger partial charge in [-0.25, -0.2) is 4.98 Å². The first kappa shape index (κ1) is 20.6. The summed E-state index contributed by atoms with van der Waals surface area (Å²) in [5.74, 6) is 1.49. The molecule has 7 nitrogen and oxygen atoms in total. The molecular weight excluding hydrogens is 414 g/mol. The lowest BCUT2D eigenvalue weighted by molar-refractivity contribution is 0.0982. The summed E-state index contributed by atoms with van der Waals surface area (Å²) in [6.07, 6.45) is 3.44. The number of para-hydroxylation sites is 1. The van der Waals surface area contributed by atoms with Crippen LogP contribution in [0.1, 0.15) is 15.9 Å². The van der Waals surface area contributed by atoms with Crippen molar-refractivity contribution < 1.29 is 19.0 Å². The minimum atomic E-state index is -0.209. The molecule has 4 rings (SSSR count). The van der Waals surface area contributed by atoms with E-state index < -0.39 is 0 Å². The third-order valence-corrected chi connectivity index (χ3v) is 5.80. The molecule has 0 aliphatic rings. The highest BCUT2D eigenvalue weighted by Gasteiger charge is 2.25. The second-order valence-corrected chi connectivity index (χ2v) is 7.63. The molecule has 1 amide bonds. The van der Waals surface area contributed by atoms with E-state index in [0.717, 1.165) is 15.8 Å². The maximum absolute atomic E-state index is 13.6. The van der Waals surface area contributed by atoms with Crippen molar-refractivity contribution in [3.63, 3.8) is 0 Å². The van der Waals surface area contributed by atoms with E-state index in [2.05, 4.69) is 4.98 Å². The minimum absolute atomic E-state index is 0.209. The van der Waals surface area contributed by atoms with Crippen molar-refractivity contribution >= 4 is 32.6 Å². The maximum Gasteiger partial charge on any atom is 0.264 e. The second-order valence-electron chi connectivity index (χ2n) is 6.62. The van der Waals surface area contributed by atoms with E-state index >= 15 is 0 Å². The zero-order valence-electron chi connectivity index (χ0n) is 17.4. The molecule has 2 aromatic heterocycles. The van der Waals surface area contributed by atoms with Crippen LogP contribution < -0.4 is 19.1 Å². The Morgan fingerprint density at radius 1 is 0.968 bits per heavy atom. The number of aromatic nitrogens is 2. The predicted molar refractivity (Wildman–Crippen MR) is 120 cm³/mol. The normalized spacial score (nSPS) is 10.7. The summed E-state index contributed by atoms with van der Waals surface area (Å²) < 4.78 is 17.1. The Kier molecular flexibility index (Phi) is 5.99. The highest BCUT2D eigenvalue weighted by molar-refractivity contribution is 7.22. The molecule has 4 aromatic rings. The van der Waals surface area contributed by atoms with Crippen LogP contribution in [0.4, 0.5) is 5.13 Å². The van der Waals surface area contributed by atoms with Crippen LogP contribution in [0.3, 0.4) is 0 Å².